The fraction of sp³-hybridized carbons (Fsp3) is 0. The maximum Gasteiger partial charge on any atom is 0.0778 e. The van der Waals surface area contributed by atoms with Crippen LogP contribution in [0.3, 0.4) is 0 Å². The molecule has 4 aromatic carbocycles. The lowest BCUT2D eigenvalue weighted by Crippen LogP contribution is -1.82. The molecule has 0 N–H and O–H groups in total. The first-order valence-electron chi connectivity index (χ1n) is 8.03. The van der Waals surface area contributed by atoms with Crippen LogP contribution in [0.5, 0.6) is 0 Å². The smallest absolute Gasteiger partial charge is 0.0778 e. The van der Waals surface area contributed by atoms with Gasteiger partial charge in [0.15, 0.2) is 0 Å². The van der Waals surface area contributed by atoms with Gasteiger partial charge in [0.05, 0.1) is 4.88 Å². The average Bonchev–Trinajstić information content (AvgIpc) is 3.09. The molecular weight excluding hydrogens is 320 g/mol. The summed E-state index contributed by atoms with van der Waals surface area (Å²) >= 11 is 1.67. The minimum absolute atomic E-state index is 0.912. The maximum absolute atomic E-state index is 5.58. The molecule has 0 aliphatic rings. The number of hydrogen-bond acceptors (Lipinski definition) is 1. The molecule has 0 radical (unpaired) electrons. The van der Waals surface area contributed by atoms with Crippen molar-refractivity contribution in [1.29, 1.82) is 0 Å². The standard InChI is InChI=1S/C24H12S/c1-3-15-5-6-16-13-22-17(12-18(16)11-15)7-8-21-20(22)9-10-24-23(21)14-19(4-2)25-24/h1-2,5-14H. The van der Waals surface area contributed by atoms with Gasteiger partial charge in [-0.05, 0) is 68.7 Å². The predicted octanol–water partition coefficient (Wildman–Crippen LogP) is 6.32. The first-order valence-corrected chi connectivity index (χ1v) is 8.84. The van der Waals surface area contributed by atoms with Crippen molar-refractivity contribution >= 4 is 53.7 Å². The molecule has 0 saturated carbocycles. The molecule has 114 valence electrons. The summed E-state index contributed by atoms with van der Waals surface area (Å²) in [7, 11) is 0. The van der Waals surface area contributed by atoms with Gasteiger partial charge in [-0.1, -0.05) is 36.1 Å². The van der Waals surface area contributed by atoms with Crippen molar-refractivity contribution in [3.63, 3.8) is 0 Å². The van der Waals surface area contributed by atoms with Crippen molar-refractivity contribution in [2.75, 3.05) is 0 Å². The largest absolute Gasteiger partial charge is 0.127 e. The highest BCUT2D eigenvalue weighted by Crippen LogP contribution is 2.36. The second kappa shape index (κ2) is 5.12. The summed E-state index contributed by atoms with van der Waals surface area (Å²) in [6.45, 7) is 0. The average molecular weight is 332 g/mol. The van der Waals surface area contributed by atoms with Crippen molar-refractivity contribution < 1.29 is 0 Å². The SMILES string of the molecule is C#Cc1ccc2cc3c(ccc4c5cc(C#C)sc5ccc34)cc2c1. The molecule has 0 saturated heterocycles. The molecule has 0 aliphatic heterocycles. The molecular formula is C24H12S. The van der Waals surface area contributed by atoms with Gasteiger partial charge < -0.3 is 0 Å². The number of rotatable bonds is 0. The van der Waals surface area contributed by atoms with Gasteiger partial charge in [0.1, 0.15) is 0 Å². The van der Waals surface area contributed by atoms with E-state index in [1.54, 1.807) is 11.3 Å². The molecule has 5 aromatic rings. The fourth-order valence-electron chi connectivity index (χ4n) is 3.57. The molecule has 0 aliphatic carbocycles. The molecule has 1 heterocycles. The number of fused-ring (bicyclic) bond motifs is 6. The summed E-state index contributed by atoms with van der Waals surface area (Å²) < 4.78 is 1.24. The normalized spacial score (nSPS) is 11.1. The zero-order chi connectivity index (χ0) is 17.0. The minimum atomic E-state index is 0.912. The third kappa shape index (κ3) is 2.04. The van der Waals surface area contributed by atoms with E-state index in [1.807, 2.05) is 6.07 Å². The summed E-state index contributed by atoms with van der Waals surface area (Å²) in [5, 5.41) is 8.61. The zero-order valence-corrected chi connectivity index (χ0v) is 14.2. The van der Waals surface area contributed by atoms with Crippen molar-refractivity contribution in [3.8, 4) is 24.7 Å². The lowest BCUT2D eigenvalue weighted by atomic mass is 9.96. The van der Waals surface area contributed by atoms with Gasteiger partial charge in [0, 0.05) is 15.6 Å². The molecule has 0 amide bonds. The Morgan fingerprint density at radius 3 is 2.24 bits per heavy atom. The quantitative estimate of drug-likeness (QED) is 0.177. The molecule has 0 bridgehead atoms. The van der Waals surface area contributed by atoms with Gasteiger partial charge in [-0.25, -0.2) is 0 Å². The first kappa shape index (κ1) is 14.1. The zero-order valence-electron chi connectivity index (χ0n) is 13.3. The lowest BCUT2D eigenvalue weighted by Gasteiger charge is -2.08. The second-order valence-electron chi connectivity index (χ2n) is 6.17. The maximum atomic E-state index is 5.58. The topological polar surface area (TPSA) is 0 Å². The van der Waals surface area contributed by atoms with E-state index in [0.717, 1.165) is 10.4 Å². The van der Waals surface area contributed by atoms with E-state index in [1.165, 1.54) is 42.4 Å². The Kier molecular flexibility index (Phi) is 2.89. The van der Waals surface area contributed by atoms with Gasteiger partial charge in [-0.3, -0.25) is 0 Å². The van der Waals surface area contributed by atoms with Gasteiger partial charge >= 0.3 is 0 Å². The highest BCUT2D eigenvalue weighted by Gasteiger charge is 2.08. The van der Waals surface area contributed by atoms with Crippen LogP contribution in [0.25, 0.3) is 42.4 Å². The molecule has 1 heteroatoms. The van der Waals surface area contributed by atoms with Crippen molar-refractivity contribution in [2.45, 2.75) is 0 Å². The second-order valence-corrected chi connectivity index (χ2v) is 7.26. The number of hydrogen-bond donors (Lipinski definition) is 0. The summed E-state index contributed by atoms with van der Waals surface area (Å²) in [6.07, 6.45) is 11.1. The molecule has 5 rings (SSSR count). The molecule has 0 spiro atoms. The molecule has 25 heavy (non-hydrogen) atoms. The van der Waals surface area contributed by atoms with Gasteiger partial charge in [0.2, 0.25) is 0 Å². The van der Waals surface area contributed by atoms with Crippen LogP contribution in [0.1, 0.15) is 10.4 Å². The number of terminal acetylenes is 2. The molecule has 0 fully saturated rings. The summed E-state index contributed by atoms with van der Waals surface area (Å²) in [4.78, 5) is 0.975. The van der Waals surface area contributed by atoms with Crippen molar-refractivity contribution in [3.05, 3.63) is 71.1 Å². The summed E-state index contributed by atoms with van der Waals surface area (Å²) in [5.41, 5.74) is 0.912. The van der Waals surface area contributed by atoms with Crippen LogP contribution in [0, 0.1) is 24.7 Å². The first-order chi connectivity index (χ1) is 12.3. The van der Waals surface area contributed by atoms with Crippen LogP contribution in [-0.4, -0.2) is 0 Å². The lowest BCUT2D eigenvalue weighted by molar-refractivity contribution is 1.72. The Bertz CT molecular complexity index is 1400. The van der Waals surface area contributed by atoms with E-state index in [-0.39, 0.29) is 0 Å². The van der Waals surface area contributed by atoms with Crippen molar-refractivity contribution in [2.24, 2.45) is 0 Å². The summed E-state index contributed by atoms with van der Waals surface area (Å²) in [5.74, 6) is 5.47. The van der Waals surface area contributed by atoms with Crippen molar-refractivity contribution in [1.82, 2.24) is 0 Å². The molecule has 0 nitrogen and oxygen atoms in total. The van der Waals surface area contributed by atoms with Gasteiger partial charge in [-0.2, -0.15) is 0 Å². The minimum Gasteiger partial charge on any atom is -0.127 e. The van der Waals surface area contributed by atoms with E-state index >= 15 is 0 Å². The predicted molar refractivity (Wildman–Crippen MR) is 110 cm³/mol. The van der Waals surface area contributed by atoms with E-state index in [4.69, 9.17) is 12.8 Å². The summed E-state index contributed by atoms with van der Waals surface area (Å²) in [6, 6.07) is 21.5. The molecule has 1 aromatic heterocycles. The highest BCUT2D eigenvalue weighted by atomic mass is 32.1. The monoisotopic (exact) mass is 332 g/mol. The van der Waals surface area contributed by atoms with Crippen LogP contribution >= 0.6 is 11.3 Å². The Morgan fingerprint density at radius 2 is 1.40 bits per heavy atom. The van der Waals surface area contributed by atoms with Gasteiger partial charge in [-0.15, -0.1) is 24.2 Å². The Labute approximate surface area is 149 Å². The Hall–Kier alpha value is -3.26. The van der Waals surface area contributed by atoms with E-state index < -0.39 is 0 Å². The molecule has 0 unspecified atom stereocenters. The van der Waals surface area contributed by atoms with Crippen LogP contribution in [0.2, 0.25) is 0 Å². The van der Waals surface area contributed by atoms with Crippen LogP contribution in [-0.2, 0) is 0 Å². The third-order valence-electron chi connectivity index (χ3n) is 4.78. The molecule has 0 atom stereocenters. The third-order valence-corrected chi connectivity index (χ3v) is 5.81. The highest BCUT2D eigenvalue weighted by molar-refractivity contribution is 7.19. The van der Waals surface area contributed by atoms with Crippen LogP contribution in [0.4, 0.5) is 0 Å². The van der Waals surface area contributed by atoms with Gasteiger partial charge in [0.25, 0.3) is 0 Å². The number of thiophene rings is 1. The fourth-order valence-corrected chi connectivity index (χ4v) is 4.46. The van der Waals surface area contributed by atoms with Crippen LogP contribution in [0.15, 0.2) is 60.7 Å². The number of benzene rings is 4. The van der Waals surface area contributed by atoms with E-state index in [9.17, 15) is 0 Å². The van der Waals surface area contributed by atoms with E-state index in [0.29, 0.717) is 0 Å². The van der Waals surface area contributed by atoms with Crippen LogP contribution < -0.4 is 0 Å². The Morgan fingerprint density at radius 1 is 0.600 bits per heavy atom. The Balaban J connectivity index is 1.92. The van der Waals surface area contributed by atoms with E-state index in [2.05, 4.69) is 66.4 Å².